The Bertz CT molecular complexity index is 554. The van der Waals surface area contributed by atoms with E-state index in [-0.39, 0.29) is 18.1 Å². The molecule has 2 aromatic rings. The fraction of sp³-hybridized carbons (Fsp3) is 0.455. The van der Waals surface area contributed by atoms with E-state index in [4.69, 9.17) is 15.3 Å². The summed E-state index contributed by atoms with van der Waals surface area (Å²) in [7, 11) is 0. The third-order valence-electron chi connectivity index (χ3n) is 2.88. The summed E-state index contributed by atoms with van der Waals surface area (Å²) in [6.45, 7) is 1.37. The molecule has 106 valence electrons. The fourth-order valence-electron chi connectivity index (χ4n) is 1.90. The molecule has 0 radical (unpaired) electrons. The molecule has 0 atom stereocenters. The summed E-state index contributed by atoms with van der Waals surface area (Å²) in [6, 6.07) is 2.00. The lowest BCUT2D eigenvalue weighted by Crippen LogP contribution is -2.27. The zero-order chi connectivity index (χ0) is 13.8. The second-order valence-electron chi connectivity index (χ2n) is 4.27. The molecule has 9 nitrogen and oxygen atoms in total. The summed E-state index contributed by atoms with van der Waals surface area (Å²) in [4.78, 5) is 12.5. The topological polar surface area (TPSA) is 113 Å². The van der Waals surface area contributed by atoms with Crippen molar-refractivity contribution in [3.05, 3.63) is 18.5 Å². The molecule has 3 rings (SSSR count). The number of nitrogen functional groups attached to an aromatic ring is 1. The molecule has 9 heteroatoms. The van der Waals surface area contributed by atoms with E-state index in [1.54, 1.807) is 18.5 Å². The molecule has 1 aliphatic heterocycles. The summed E-state index contributed by atoms with van der Waals surface area (Å²) < 4.78 is 12.6. The predicted octanol–water partition coefficient (Wildman–Crippen LogP) is -0.0993. The number of aromatic nitrogens is 5. The molecule has 0 bridgehead atoms. The quantitative estimate of drug-likeness (QED) is 0.588. The van der Waals surface area contributed by atoms with Crippen LogP contribution in [0.25, 0.3) is 5.95 Å². The maximum Gasteiger partial charge on any atom is 0.323 e. The number of nitrogens with one attached hydrogen (secondary N) is 1. The molecule has 0 spiro atoms. The van der Waals surface area contributed by atoms with Crippen LogP contribution >= 0.6 is 0 Å². The van der Waals surface area contributed by atoms with Gasteiger partial charge in [-0.05, 0) is 6.07 Å². The molecule has 1 saturated heterocycles. The fourth-order valence-corrected chi connectivity index (χ4v) is 1.90. The van der Waals surface area contributed by atoms with Crippen LogP contribution < -0.4 is 16.0 Å². The first kappa shape index (κ1) is 12.8. The van der Waals surface area contributed by atoms with Crippen molar-refractivity contribution in [2.24, 2.45) is 5.84 Å². The van der Waals surface area contributed by atoms with E-state index in [0.717, 1.165) is 12.8 Å². The minimum absolute atomic E-state index is 0.0437. The monoisotopic (exact) mass is 277 g/mol. The van der Waals surface area contributed by atoms with Crippen LogP contribution in [-0.4, -0.2) is 44.1 Å². The second kappa shape index (κ2) is 5.80. The zero-order valence-electron chi connectivity index (χ0n) is 10.8. The number of rotatable bonds is 4. The number of ether oxygens (including phenoxy) is 2. The van der Waals surface area contributed by atoms with Crippen LogP contribution in [0.2, 0.25) is 0 Å². The van der Waals surface area contributed by atoms with Crippen molar-refractivity contribution in [1.29, 1.82) is 0 Å². The Morgan fingerprint density at radius 3 is 2.85 bits per heavy atom. The lowest BCUT2D eigenvalue weighted by Gasteiger charge is -2.22. The number of hydrogen-bond acceptors (Lipinski definition) is 8. The lowest BCUT2D eigenvalue weighted by atomic mass is 10.2. The van der Waals surface area contributed by atoms with Crippen molar-refractivity contribution >= 4 is 5.95 Å². The van der Waals surface area contributed by atoms with Gasteiger partial charge in [0, 0.05) is 25.2 Å². The summed E-state index contributed by atoms with van der Waals surface area (Å²) in [5, 5.41) is 4.07. The third-order valence-corrected chi connectivity index (χ3v) is 2.88. The smallest absolute Gasteiger partial charge is 0.323 e. The van der Waals surface area contributed by atoms with Crippen LogP contribution in [-0.2, 0) is 4.74 Å². The van der Waals surface area contributed by atoms with Crippen LogP contribution in [0.5, 0.6) is 6.01 Å². The summed E-state index contributed by atoms with van der Waals surface area (Å²) >= 11 is 0. The van der Waals surface area contributed by atoms with E-state index in [0.29, 0.717) is 19.2 Å². The van der Waals surface area contributed by atoms with Gasteiger partial charge in [-0.1, -0.05) is 0 Å². The van der Waals surface area contributed by atoms with E-state index >= 15 is 0 Å². The summed E-state index contributed by atoms with van der Waals surface area (Å²) in [6.07, 6.45) is 5.04. The molecule has 0 aliphatic carbocycles. The minimum Gasteiger partial charge on any atom is -0.460 e. The first-order valence-corrected chi connectivity index (χ1v) is 6.32. The van der Waals surface area contributed by atoms with E-state index in [1.165, 1.54) is 4.68 Å². The molecule has 2 aromatic heterocycles. The standard InChI is InChI=1S/C11H15N7O2/c12-17-9-14-10(18-5-1-4-13-18)16-11(15-9)20-8-2-6-19-7-3-8/h1,4-5,8H,2-3,6-7,12H2,(H,14,15,16,17). The Morgan fingerprint density at radius 2 is 2.15 bits per heavy atom. The molecule has 0 amide bonds. The maximum atomic E-state index is 5.76. The second-order valence-corrected chi connectivity index (χ2v) is 4.27. The van der Waals surface area contributed by atoms with Crippen LogP contribution in [0.4, 0.5) is 5.95 Å². The minimum atomic E-state index is 0.0437. The van der Waals surface area contributed by atoms with Gasteiger partial charge in [-0.25, -0.2) is 10.5 Å². The van der Waals surface area contributed by atoms with Crippen molar-refractivity contribution in [2.45, 2.75) is 18.9 Å². The highest BCUT2D eigenvalue weighted by Gasteiger charge is 2.18. The van der Waals surface area contributed by atoms with Gasteiger partial charge in [0.05, 0.1) is 13.2 Å². The number of hydrogen-bond donors (Lipinski definition) is 2. The first-order valence-electron chi connectivity index (χ1n) is 6.32. The summed E-state index contributed by atoms with van der Waals surface area (Å²) in [5.74, 6) is 5.94. The number of hydrazine groups is 1. The van der Waals surface area contributed by atoms with Gasteiger partial charge < -0.3 is 9.47 Å². The van der Waals surface area contributed by atoms with Crippen LogP contribution in [0.15, 0.2) is 18.5 Å². The Kier molecular flexibility index (Phi) is 3.70. The van der Waals surface area contributed by atoms with Crippen LogP contribution in [0.3, 0.4) is 0 Å². The van der Waals surface area contributed by atoms with E-state index in [1.807, 2.05) is 0 Å². The average molecular weight is 277 g/mol. The third kappa shape index (κ3) is 2.83. The van der Waals surface area contributed by atoms with Gasteiger partial charge in [-0.3, -0.25) is 5.43 Å². The highest BCUT2D eigenvalue weighted by atomic mass is 16.5. The van der Waals surface area contributed by atoms with Crippen LogP contribution in [0, 0.1) is 0 Å². The Balaban J connectivity index is 1.84. The average Bonchev–Trinajstić information content (AvgIpc) is 3.02. The molecule has 1 aliphatic rings. The number of nitrogens with zero attached hydrogens (tertiary/aromatic N) is 5. The molecular weight excluding hydrogens is 262 g/mol. The van der Waals surface area contributed by atoms with Crippen molar-refractivity contribution in [1.82, 2.24) is 24.7 Å². The van der Waals surface area contributed by atoms with Crippen molar-refractivity contribution in [2.75, 3.05) is 18.6 Å². The van der Waals surface area contributed by atoms with E-state index in [2.05, 4.69) is 25.5 Å². The molecule has 3 N–H and O–H groups in total. The van der Waals surface area contributed by atoms with E-state index < -0.39 is 0 Å². The van der Waals surface area contributed by atoms with Crippen LogP contribution in [0.1, 0.15) is 12.8 Å². The zero-order valence-corrected chi connectivity index (χ0v) is 10.8. The van der Waals surface area contributed by atoms with Gasteiger partial charge in [0.15, 0.2) is 0 Å². The Hall–Kier alpha value is -2.26. The molecule has 0 unspecified atom stereocenters. The van der Waals surface area contributed by atoms with Crippen molar-refractivity contribution in [3.63, 3.8) is 0 Å². The highest BCUT2D eigenvalue weighted by molar-refractivity contribution is 5.28. The normalized spacial score (nSPS) is 16.1. The highest BCUT2D eigenvalue weighted by Crippen LogP contribution is 2.16. The van der Waals surface area contributed by atoms with Gasteiger partial charge in [0.1, 0.15) is 6.10 Å². The van der Waals surface area contributed by atoms with Gasteiger partial charge in [0.2, 0.25) is 5.95 Å². The molecule has 1 fully saturated rings. The van der Waals surface area contributed by atoms with Crippen molar-refractivity contribution in [3.8, 4) is 12.0 Å². The van der Waals surface area contributed by atoms with Gasteiger partial charge in [-0.2, -0.15) is 20.1 Å². The first-order chi connectivity index (χ1) is 9.85. The summed E-state index contributed by atoms with van der Waals surface area (Å²) in [5.41, 5.74) is 2.40. The maximum absolute atomic E-state index is 5.76. The van der Waals surface area contributed by atoms with Gasteiger partial charge in [0.25, 0.3) is 5.95 Å². The molecule has 20 heavy (non-hydrogen) atoms. The molecule has 0 saturated carbocycles. The molecular formula is C11H15N7O2. The predicted molar refractivity (Wildman–Crippen MR) is 69.2 cm³/mol. The Morgan fingerprint density at radius 1 is 1.30 bits per heavy atom. The molecule has 0 aromatic carbocycles. The van der Waals surface area contributed by atoms with Gasteiger partial charge in [-0.15, -0.1) is 0 Å². The van der Waals surface area contributed by atoms with Crippen molar-refractivity contribution < 1.29 is 9.47 Å². The van der Waals surface area contributed by atoms with Gasteiger partial charge >= 0.3 is 6.01 Å². The number of anilines is 1. The Labute approximate surface area is 115 Å². The lowest BCUT2D eigenvalue weighted by molar-refractivity contribution is 0.0216. The van der Waals surface area contributed by atoms with E-state index in [9.17, 15) is 0 Å². The SMILES string of the molecule is NNc1nc(OC2CCOCC2)nc(-n2cccn2)n1. The largest absolute Gasteiger partial charge is 0.460 e. The molecule has 3 heterocycles. The number of nitrogens with two attached hydrogens (primary N) is 1.